The van der Waals surface area contributed by atoms with Gasteiger partial charge in [0.1, 0.15) is 19.7 Å². The lowest BCUT2D eigenvalue weighted by Crippen LogP contribution is -2.89. The second-order valence-corrected chi connectivity index (χ2v) is 13.1. The normalized spacial score (nSPS) is 25.0. The summed E-state index contributed by atoms with van der Waals surface area (Å²) in [5, 5.41) is -2.37. The molecule has 1 atom stereocenters. The third kappa shape index (κ3) is 5.14. The first kappa shape index (κ1) is 34.5. The van der Waals surface area contributed by atoms with Gasteiger partial charge in [0.15, 0.2) is 0 Å². The maximum absolute atomic E-state index is 13.8. The number of fused-ring (bicyclic) bond motifs is 1. The van der Waals surface area contributed by atoms with E-state index in [-0.39, 0.29) is 30.3 Å². The molecule has 0 aromatic carbocycles. The Hall–Kier alpha value is -1.35. The van der Waals surface area contributed by atoms with Crippen molar-refractivity contribution in [3.8, 4) is 6.07 Å². The molecule has 1 unspecified atom stereocenters. The highest BCUT2D eigenvalue weighted by atomic mass is 16.5. The van der Waals surface area contributed by atoms with Crippen molar-refractivity contribution in [3.05, 3.63) is 22.4 Å². The van der Waals surface area contributed by atoms with Crippen molar-refractivity contribution in [2.75, 3.05) is 11.4 Å². The van der Waals surface area contributed by atoms with E-state index < -0.39 is 49.7 Å². The smallest absolute Gasteiger partial charge is 0.221 e. The minimum Gasteiger partial charge on any atom is -0.370 e. The summed E-state index contributed by atoms with van der Waals surface area (Å²) in [6.45, 7) is 5.32. The largest absolute Gasteiger partial charge is 0.370 e. The van der Waals surface area contributed by atoms with Gasteiger partial charge in [0.25, 0.3) is 0 Å². The molecule has 1 saturated heterocycles. The zero-order valence-electron chi connectivity index (χ0n) is 25.1. The van der Waals surface area contributed by atoms with Gasteiger partial charge in [-0.1, -0.05) is 12.2 Å². The number of nitrogens with zero attached hydrogens (tertiary/aromatic N) is 4. The molecule has 43 heavy (non-hydrogen) atoms. The Morgan fingerprint density at radius 2 is 1.58 bits per heavy atom. The van der Waals surface area contributed by atoms with Crippen LogP contribution in [0.3, 0.4) is 0 Å². The molecule has 2 fully saturated rings. The first-order chi connectivity index (χ1) is 19.4. The van der Waals surface area contributed by atoms with Crippen molar-refractivity contribution in [1.29, 1.82) is 5.26 Å². The monoisotopic (exact) mass is 544 g/mol. The molecule has 192 valence electrons. The first-order valence-corrected chi connectivity index (χ1v) is 14.1. The van der Waals surface area contributed by atoms with Crippen LogP contribution in [0.15, 0.2) is 0 Å². The van der Waals surface area contributed by atoms with Gasteiger partial charge in [-0.3, -0.25) is 4.79 Å². The maximum Gasteiger partial charge on any atom is 0.221 e. The molecule has 2 aliphatic heterocycles. The average Bonchev–Trinajstić information content (AvgIpc) is 3.68. The summed E-state index contributed by atoms with van der Waals surface area (Å²) >= 11 is 0. The highest BCUT2D eigenvalue weighted by Crippen LogP contribution is 2.67. The average molecular weight is 542 g/mol. The van der Waals surface area contributed by atoms with Crippen molar-refractivity contribution in [3.63, 3.8) is 0 Å². The van der Waals surface area contributed by atoms with Gasteiger partial charge in [-0.25, -0.2) is 4.98 Å². The molecule has 3 aliphatic rings. The van der Waals surface area contributed by atoms with Crippen molar-refractivity contribution in [2.24, 2.45) is 0 Å². The molecule has 6 nitrogen and oxygen atoms in total. The first-order valence-electron chi connectivity index (χ1n) is 14.1. The van der Waals surface area contributed by atoms with Crippen LogP contribution < -0.4 is 4.90 Å². The van der Waals surface area contributed by atoms with Crippen LogP contribution in [0.25, 0.3) is 0 Å². The summed E-state index contributed by atoms with van der Waals surface area (Å²) in [6, 6.07) is 2.24. The van der Waals surface area contributed by atoms with Gasteiger partial charge in [-0.15, -0.1) is 10.2 Å². The van der Waals surface area contributed by atoms with E-state index in [1.807, 2.05) is 13.8 Å². The summed E-state index contributed by atoms with van der Waals surface area (Å²) in [4.78, 5) is 20.6. The summed E-state index contributed by atoms with van der Waals surface area (Å²) < 4.78 is 6.07. The van der Waals surface area contributed by atoms with E-state index in [1.165, 1.54) is 4.90 Å². The molecule has 4 rings (SSSR count). The number of hydrogen-bond donors (Lipinski definition) is 0. The van der Waals surface area contributed by atoms with Gasteiger partial charge in [0.2, 0.25) is 5.91 Å². The second-order valence-electron chi connectivity index (χ2n) is 13.1. The molecule has 1 aliphatic carbocycles. The topological polar surface area (TPSA) is 69.5 Å². The number of carbonyl (C=O) groups is 1. The Kier molecular flexibility index (Phi) is 8.51. The number of hydrogen-bond acceptors (Lipinski definition) is 5. The third-order valence-electron chi connectivity index (χ3n) is 8.88. The fraction of sp³-hybridized carbons (Fsp3) is 0.720. The van der Waals surface area contributed by atoms with E-state index in [9.17, 15) is 10.1 Å². The summed E-state index contributed by atoms with van der Waals surface area (Å²) in [5.41, 5.74) is -1.06. The predicted octanol–water partition coefficient (Wildman–Crippen LogP) is -1.54. The standard InChI is InChI=1S/C25H24B12N4O2/c1-4-5-16(42)41-20(26,27)11-40(25(36,37)22(41,29)21(28,23(30,31)32)24(33,34)35)18-14(9-38)13-8-19(2,3)43-10-15(13)17(39-18)12-6-7-12/h12H,4-8,10-11H2,1-3H3. The zero-order chi connectivity index (χ0) is 32.8. The van der Waals surface area contributed by atoms with Crippen molar-refractivity contribution >= 4 is 106 Å². The predicted molar refractivity (Wildman–Crippen MR) is 178 cm³/mol. The summed E-state index contributed by atoms with van der Waals surface area (Å²) in [5.74, 6) is -0.636. The van der Waals surface area contributed by atoms with Gasteiger partial charge in [-0.2, -0.15) is 5.26 Å². The Balaban J connectivity index is 2.10. The number of carbonyl (C=O) groups excluding carboxylic acids is 1. The Labute approximate surface area is 272 Å². The van der Waals surface area contributed by atoms with Crippen LogP contribution in [0.5, 0.6) is 0 Å². The fourth-order valence-electron chi connectivity index (χ4n) is 6.49. The lowest BCUT2D eigenvalue weighted by Gasteiger charge is -2.79. The Bertz CT molecular complexity index is 1340. The van der Waals surface area contributed by atoms with Gasteiger partial charge in [0, 0.05) is 36.3 Å². The molecule has 3 heterocycles. The Morgan fingerprint density at radius 1 is 1.02 bits per heavy atom. The van der Waals surface area contributed by atoms with E-state index >= 15 is 0 Å². The van der Waals surface area contributed by atoms with E-state index in [0.717, 1.165) is 23.3 Å². The highest BCUT2D eigenvalue weighted by molar-refractivity contribution is 6.71. The SMILES string of the molecule is [B]C1([B])CN(c2nc(C3CC3)c3c(c2C#N)CC(C)(C)OC3)C([B])([B])C([B])(C([B])(C([B])([B])[B])C([B])([B])[B])N1C(=O)CCC. The van der Waals surface area contributed by atoms with Gasteiger partial charge in [-0.05, 0) is 49.3 Å². The number of ether oxygens (including phenoxy) is 1. The lowest BCUT2D eigenvalue weighted by atomic mass is 9.08. The zero-order valence-corrected chi connectivity index (χ0v) is 25.1. The Morgan fingerprint density at radius 3 is 2.05 bits per heavy atom. The second kappa shape index (κ2) is 10.6. The van der Waals surface area contributed by atoms with Crippen LogP contribution in [-0.4, -0.2) is 138 Å². The molecule has 1 amide bonds. The number of nitriles is 1. The van der Waals surface area contributed by atoms with E-state index in [0.29, 0.717) is 24.1 Å². The van der Waals surface area contributed by atoms with Crippen molar-refractivity contribution < 1.29 is 9.53 Å². The number of pyridine rings is 1. The molecular formula is C25H24B12N4O2. The number of rotatable bonds is 7. The number of amides is 1. The quantitative estimate of drug-likeness (QED) is 0.392. The minimum absolute atomic E-state index is 0.000723. The van der Waals surface area contributed by atoms with Crippen LogP contribution >= 0.6 is 0 Å². The van der Waals surface area contributed by atoms with Gasteiger partial charge < -0.3 is 14.5 Å². The molecule has 24 radical (unpaired) electrons. The fourth-order valence-corrected chi connectivity index (χ4v) is 6.49. The van der Waals surface area contributed by atoms with E-state index in [4.69, 9.17) is 104 Å². The molecule has 0 bridgehead atoms. The van der Waals surface area contributed by atoms with Crippen LogP contribution in [0.4, 0.5) is 5.82 Å². The van der Waals surface area contributed by atoms with Crippen LogP contribution in [0, 0.1) is 11.3 Å². The van der Waals surface area contributed by atoms with Crippen LogP contribution in [-0.2, 0) is 22.6 Å². The van der Waals surface area contributed by atoms with Gasteiger partial charge >= 0.3 is 0 Å². The molecule has 0 spiro atoms. The minimum atomic E-state index is -2.82. The molecular weight excluding hydrogens is 518 g/mol. The molecule has 1 saturated carbocycles. The van der Waals surface area contributed by atoms with Crippen molar-refractivity contribution in [1.82, 2.24) is 9.88 Å². The van der Waals surface area contributed by atoms with E-state index in [2.05, 4.69) is 6.07 Å². The summed E-state index contributed by atoms with van der Waals surface area (Å²) in [7, 11) is 78.1. The number of piperazine rings is 1. The van der Waals surface area contributed by atoms with Crippen LogP contribution in [0.1, 0.15) is 74.8 Å². The van der Waals surface area contributed by atoms with Crippen LogP contribution in [0.2, 0.25) is 15.5 Å². The van der Waals surface area contributed by atoms with Crippen molar-refractivity contribution in [2.45, 2.75) is 103 Å². The number of aromatic nitrogens is 1. The lowest BCUT2D eigenvalue weighted by molar-refractivity contribution is -0.141. The molecule has 1 aromatic rings. The maximum atomic E-state index is 13.8. The summed E-state index contributed by atoms with van der Waals surface area (Å²) in [6.07, 6.45) is 2.32. The third-order valence-corrected chi connectivity index (χ3v) is 8.88. The number of anilines is 1. The molecule has 18 heteroatoms. The molecule has 0 N–H and O–H groups in total. The van der Waals surface area contributed by atoms with E-state index in [1.54, 1.807) is 6.92 Å². The van der Waals surface area contributed by atoms with Gasteiger partial charge in [0.05, 0.1) is 110 Å². The molecule has 1 aromatic heterocycles. The highest BCUT2D eigenvalue weighted by Gasteiger charge is 2.68.